The lowest BCUT2D eigenvalue weighted by Gasteiger charge is -2.12. The van der Waals surface area contributed by atoms with Gasteiger partial charge in [0.1, 0.15) is 0 Å². The highest BCUT2D eigenvalue weighted by Gasteiger charge is 2.30. The van der Waals surface area contributed by atoms with Crippen molar-refractivity contribution in [3.8, 4) is 0 Å². The zero-order valence-electron chi connectivity index (χ0n) is 10.4. The van der Waals surface area contributed by atoms with Gasteiger partial charge in [-0.15, -0.1) is 0 Å². The van der Waals surface area contributed by atoms with Crippen molar-refractivity contribution in [2.45, 2.75) is 31.5 Å². The van der Waals surface area contributed by atoms with Crippen molar-refractivity contribution in [3.05, 3.63) is 35.2 Å². The van der Waals surface area contributed by atoms with Gasteiger partial charge < -0.3 is 10.4 Å². The average molecular weight is 286 g/mol. The summed E-state index contributed by atoms with van der Waals surface area (Å²) in [5.41, 5.74) is 0.443. The van der Waals surface area contributed by atoms with Crippen molar-refractivity contribution in [1.82, 2.24) is 10.3 Å². The lowest BCUT2D eigenvalue weighted by molar-refractivity contribution is -0.137. The molecule has 1 heterocycles. The van der Waals surface area contributed by atoms with E-state index in [2.05, 4.69) is 10.3 Å². The van der Waals surface area contributed by atoms with Crippen LogP contribution in [-0.4, -0.2) is 22.2 Å². The van der Waals surface area contributed by atoms with E-state index in [1.807, 2.05) is 0 Å². The summed E-state index contributed by atoms with van der Waals surface area (Å²) in [5.74, 6) is 0. The Kier molecular flexibility index (Phi) is 3.96. The van der Waals surface area contributed by atoms with Gasteiger partial charge in [-0.25, -0.2) is 4.79 Å². The number of rotatable bonds is 2. The second kappa shape index (κ2) is 5.52. The molecule has 2 rings (SSSR count). The van der Waals surface area contributed by atoms with Gasteiger partial charge in [0.25, 0.3) is 0 Å². The molecular weight excluding hydrogens is 273 g/mol. The second-order valence-electron chi connectivity index (χ2n) is 4.58. The topological polar surface area (TPSA) is 62.2 Å². The number of carbonyl (C=O) groups is 1. The maximum atomic E-state index is 12.4. The largest absolute Gasteiger partial charge is 0.465 e. The highest BCUT2D eigenvalue weighted by atomic mass is 19.4. The number of halogens is 3. The van der Waals surface area contributed by atoms with Crippen LogP contribution in [0.5, 0.6) is 0 Å². The lowest BCUT2D eigenvalue weighted by atomic mass is 10.1. The number of carboxylic acid groups (broad SMARTS) is 1. The Hall–Kier alpha value is -2.05. The van der Waals surface area contributed by atoms with Crippen LogP contribution in [0.1, 0.15) is 30.5 Å². The number of nitrogens with zero attached hydrogens (tertiary/aromatic N) is 1. The van der Waals surface area contributed by atoms with E-state index in [0.29, 0.717) is 18.5 Å². The van der Waals surface area contributed by atoms with Crippen molar-refractivity contribution >= 4 is 12.2 Å². The fraction of sp³-hybridized carbons (Fsp3) is 0.385. The van der Waals surface area contributed by atoms with Gasteiger partial charge in [0.2, 0.25) is 0 Å². The van der Waals surface area contributed by atoms with E-state index in [1.165, 1.54) is 6.07 Å². The molecule has 1 atom stereocenters. The molecule has 0 spiro atoms. The molecular formula is C13H13F3N2O2. The molecule has 0 bridgehead atoms. The first-order valence-corrected chi connectivity index (χ1v) is 6.09. The smallest absolute Gasteiger partial charge is 0.417 e. The van der Waals surface area contributed by atoms with Crippen LogP contribution in [0.2, 0.25) is 0 Å². The van der Waals surface area contributed by atoms with Crippen LogP contribution in [0.4, 0.5) is 18.0 Å². The standard InChI is InChI=1S/C13H13F3N2O2/c14-13(15,16)9-4-5-10(17-7-9)6-8-2-1-3-11(8)18-12(19)20/h4-7,11,18H,1-3H2,(H,19,20). The third-order valence-corrected chi connectivity index (χ3v) is 3.15. The van der Waals surface area contributed by atoms with E-state index >= 15 is 0 Å². The van der Waals surface area contributed by atoms with Gasteiger partial charge in [0.05, 0.1) is 17.3 Å². The number of hydrogen-bond acceptors (Lipinski definition) is 2. The van der Waals surface area contributed by atoms with Crippen LogP contribution < -0.4 is 5.32 Å². The van der Waals surface area contributed by atoms with Crippen molar-refractivity contribution in [1.29, 1.82) is 0 Å². The maximum absolute atomic E-state index is 12.4. The number of nitrogens with one attached hydrogen (secondary N) is 1. The Morgan fingerprint density at radius 1 is 1.45 bits per heavy atom. The first kappa shape index (κ1) is 14.4. The Morgan fingerprint density at radius 2 is 2.20 bits per heavy atom. The lowest BCUT2D eigenvalue weighted by Crippen LogP contribution is -2.32. The molecule has 108 valence electrons. The number of amides is 1. The zero-order chi connectivity index (χ0) is 14.8. The van der Waals surface area contributed by atoms with Crippen LogP contribution in [0, 0.1) is 0 Å². The van der Waals surface area contributed by atoms with E-state index in [0.717, 1.165) is 24.3 Å². The van der Waals surface area contributed by atoms with Gasteiger partial charge in [-0.1, -0.05) is 0 Å². The fourth-order valence-corrected chi connectivity index (χ4v) is 2.20. The molecule has 4 nitrogen and oxygen atoms in total. The zero-order valence-corrected chi connectivity index (χ0v) is 10.4. The maximum Gasteiger partial charge on any atom is 0.417 e. The summed E-state index contributed by atoms with van der Waals surface area (Å²) in [6.07, 6.45) is -0.832. The summed E-state index contributed by atoms with van der Waals surface area (Å²) in [5, 5.41) is 11.1. The SMILES string of the molecule is O=C(O)NC1CCCC1=Cc1ccc(C(F)(F)F)cn1. The van der Waals surface area contributed by atoms with Crippen LogP contribution >= 0.6 is 0 Å². The molecule has 2 N–H and O–H groups in total. The third kappa shape index (κ3) is 3.49. The first-order valence-electron chi connectivity index (χ1n) is 6.09. The minimum absolute atomic E-state index is 0.281. The highest BCUT2D eigenvalue weighted by molar-refractivity contribution is 5.66. The molecule has 1 aliphatic carbocycles. The van der Waals surface area contributed by atoms with Crippen molar-refractivity contribution in [3.63, 3.8) is 0 Å². The minimum atomic E-state index is -4.40. The summed E-state index contributed by atoms with van der Waals surface area (Å²) in [7, 11) is 0. The summed E-state index contributed by atoms with van der Waals surface area (Å²) in [6.45, 7) is 0. The summed E-state index contributed by atoms with van der Waals surface area (Å²) in [6, 6.07) is 1.97. The monoisotopic (exact) mass is 286 g/mol. The van der Waals surface area contributed by atoms with Gasteiger partial charge in [-0.3, -0.25) is 4.98 Å². The number of pyridine rings is 1. The molecule has 0 saturated heterocycles. The summed E-state index contributed by atoms with van der Waals surface area (Å²) in [4.78, 5) is 14.4. The third-order valence-electron chi connectivity index (χ3n) is 3.15. The van der Waals surface area contributed by atoms with Gasteiger partial charge >= 0.3 is 12.3 Å². The van der Waals surface area contributed by atoms with E-state index in [4.69, 9.17) is 5.11 Å². The summed E-state index contributed by atoms with van der Waals surface area (Å²) >= 11 is 0. The quantitative estimate of drug-likeness (QED) is 0.876. The number of alkyl halides is 3. The molecule has 20 heavy (non-hydrogen) atoms. The molecule has 1 saturated carbocycles. The molecule has 1 aromatic heterocycles. The predicted octanol–water partition coefficient (Wildman–Crippen LogP) is 3.30. The van der Waals surface area contributed by atoms with E-state index in [9.17, 15) is 18.0 Å². The van der Waals surface area contributed by atoms with E-state index in [-0.39, 0.29) is 6.04 Å². The second-order valence-corrected chi connectivity index (χ2v) is 4.58. The molecule has 0 aliphatic heterocycles. The van der Waals surface area contributed by atoms with Crippen molar-refractivity contribution in [2.75, 3.05) is 0 Å². The van der Waals surface area contributed by atoms with E-state index < -0.39 is 17.8 Å². The van der Waals surface area contributed by atoms with Gasteiger partial charge in [0, 0.05) is 6.20 Å². The van der Waals surface area contributed by atoms with Gasteiger partial charge in [0.15, 0.2) is 0 Å². The van der Waals surface area contributed by atoms with Crippen molar-refractivity contribution < 1.29 is 23.1 Å². The predicted molar refractivity (Wildman–Crippen MR) is 66.0 cm³/mol. The molecule has 1 unspecified atom stereocenters. The normalized spacial score (nSPS) is 21.1. The van der Waals surface area contributed by atoms with E-state index in [1.54, 1.807) is 6.08 Å². The molecule has 1 aliphatic rings. The molecule has 1 aromatic rings. The minimum Gasteiger partial charge on any atom is -0.465 e. The molecule has 1 amide bonds. The molecule has 0 aromatic carbocycles. The van der Waals surface area contributed by atoms with Crippen LogP contribution in [0.3, 0.4) is 0 Å². The summed E-state index contributed by atoms with van der Waals surface area (Å²) < 4.78 is 37.2. The van der Waals surface area contributed by atoms with Crippen LogP contribution in [0.15, 0.2) is 23.9 Å². The van der Waals surface area contributed by atoms with Crippen LogP contribution in [-0.2, 0) is 6.18 Å². The Balaban J connectivity index is 2.15. The molecule has 7 heteroatoms. The van der Waals surface area contributed by atoms with Gasteiger partial charge in [-0.2, -0.15) is 13.2 Å². The molecule has 0 radical (unpaired) electrons. The Bertz CT molecular complexity index is 523. The average Bonchev–Trinajstić information content (AvgIpc) is 2.75. The fourth-order valence-electron chi connectivity index (χ4n) is 2.20. The van der Waals surface area contributed by atoms with Crippen LogP contribution in [0.25, 0.3) is 6.08 Å². The molecule has 1 fully saturated rings. The van der Waals surface area contributed by atoms with Crippen molar-refractivity contribution in [2.24, 2.45) is 0 Å². The first-order chi connectivity index (χ1) is 9.36. The highest BCUT2D eigenvalue weighted by Crippen LogP contribution is 2.30. The Labute approximate surface area is 113 Å². The van der Waals surface area contributed by atoms with Gasteiger partial charge in [-0.05, 0) is 43.0 Å². The number of hydrogen-bond donors (Lipinski definition) is 2. The Morgan fingerprint density at radius 3 is 2.75 bits per heavy atom. The number of aromatic nitrogens is 1.